The number of fused-ring (bicyclic) bond motifs is 5. The van der Waals surface area contributed by atoms with Crippen LogP contribution in [0.3, 0.4) is 0 Å². The van der Waals surface area contributed by atoms with Gasteiger partial charge in [0.25, 0.3) is 0 Å². The number of para-hydroxylation sites is 1. The molecule has 0 bridgehead atoms. The Morgan fingerprint density at radius 3 is 2.25 bits per heavy atom. The van der Waals surface area contributed by atoms with Gasteiger partial charge in [0.15, 0.2) is 0 Å². The van der Waals surface area contributed by atoms with Crippen molar-refractivity contribution < 1.29 is 0 Å². The van der Waals surface area contributed by atoms with Gasteiger partial charge in [0.05, 0.1) is 0 Å². The molecule has 0 unspecified atom stereocenters. The van der Waals surface area contributed by atoms with Crippen LogP contribution in [0.5, 0.6) is 0 Å². The van der Waals surface area contributed by atoms with E-state index in [-0.39, 0.29) is 0 Å². The SMILES string of the molecule is c1ccc(Nc2cc3ccccc3c3sc4ccccc4c23)cc1. The molecule has 114 valence electrons. The van der Waals surface area contributed by atoms with E-state index in [1.165, 1.54) is 36.6 Å². The van der Waals surface area contributed by atoms with Crippen LogP contribution in [-0.2, 0) is 0 Å². The van der Waals surface area contributed by atoms with Crippen LogP contribution in [-0.4, -0.2) is 0 Å². The third-order valence-electron chi connectivity index (χ3n) is 4.42. The summed E-state index contributed by atoms with van der Waals surface area (Å²) in [7, 11) is 0. The highest BCUT2D eigenvalue weighted by molar-refractivity contribution is 7.26. The van der Waals surface area contributed by atoms with Crippen molar-refractivity contribution in [1.82, 2.24) is 0 Å². The molecule has 0 aliphatic rings. The monoisotopic (exact) mass is 325 g/mol. The molecular weight excluding hydrogens is 310 g/mol. The zero-order chi connectivity index (χ0) is 15.9. The van der Waals surface area contributed by atoms with Gasteiger partial charge in [0.2, 0.25) is 0 Å². The number of benzene rings is 4. The van der Waals surface area contributed by atoms with Crippen LogP contribution in [0, 0.1) is 0 Å². The lowest BCUT2D eigenvalue weighted by molar-refractivity contribution is 1.59. The fourth-order valence-electron chi connectivity index (χ4n) is 3.34. The van der Waals surface area contributed by atoms with Crippen molar-refractivity contribution in [2.75, 3.05) is 5.32 Å². The maximum absolute atomic E-state index is 3.62. The van der Waals surface area contributed by atoms with Gasteiger partial charge in [-0.1, -0.05) is 60.7 Å². The number of hydrogen-bond acceptors (Lipinski definition) is 2. The second kappa shape index (κ2) is 5.36. The van der Waals surface area contributed by atoms with Crippen molar-refractivity contribution in [2.45, 2.75) is 0 Å². The summed E-state index contributed by atoms with van der Waals surface area (Å²) in [5, 5.41) is 8.86. The lowest BCUT2D eigenvalue weighted by atomic mass is 10.0. The van der Waals surface area contributed by atoms with Crippen molar-refractivity contribution in [2.24, 2.45) is 0 Å². The number of anilines is 2. The van der Waals surface area contributed by atoms with E-state index in [1.54, 1.807) is 0 Å². The van der Waals surface area contributed by atoms with Crippen LogP contribution in [0.4, 0.5) is 11.4 Å². The maximum atomic E-state index is 3.62. The van der Waals surface area contributed by atoms with Gasteiger partial charge in [-0.3, -0.25) is 0 Å². The fourth-order valence-corrected chi connectivity index (χ4v) is 4.60. The van der Waals surface area contributed by atoms with Crippen LogP contribution < -0.4 is 5.32 Å². The molecule has 0 radical (unpaired) electrons. The molecule has 0 spiro atoms. The molecule has 0 saturated heterocycles. The molecule has 5 rings (SSSR count). The molecule has 0 amide bonds. The molecule has 0 aliphatic carbocycles. The Labute approximate surface area is 144 Å². The second-order valence-electron chi connectivity index (χ2n) is 5.94. The lowest BCUT2D eigenvalue weighted by Gasteiger charge is -2.11. The standard InChI is InChI=1S/C22H15NS/c1-2-9-16(10-3-1)23-19-14-15-8-4-5-11-17(15)22-21(19)18-12-6-7-13-20(18)24-22/h1-14,23H. The first kappa shape index (κ1) is 13.6. The van der Waals surface area contributed by atoms with Gasteiger partial charge in [-0.2, -0.15) is 0 Å². The Morgan fingerprint density at radius 2 is 1.38 bits per heavy atom. The van der Waals surface area contributed by atoms with E-state index in [0.29, 0.717) is 0 Å². The summed E-state index contributed by atoms with van der Waals surface area (Å²) in [5.41, 5.74) is 2.29. The Balaban J connectivity index is 1.89. The first-order valence-electron chi connectivity index (χ1n) is 8.05. The highest BCUT2D eigenvalue weighted by Crippen LogP contribution is 2.43. The smallest absolute Gasteiger partial charge is 0.0485 e. The Kier molecular flexibility index (Phi) is 3.03. The first-order chi connectivity index (χ1) is 11.9. The van der Waals surface area contributed by atoms with Crippen LogP contribution in [0.15, 0.2) is 84.9 Å². The molecule has 1 N–H and O–H groups in total. The molecular formula is C22H15NS. The topological polar surface area (TPSA) is 12.0 Å². The van der Waals surface area contributed by atoms with E-state index in [2.05, 4.69) is 84.2 Å². The highest BCUT2D eigenvalue weighted by Gasteiger charge is 2.13. The Morgan fingerprint density at radius 1 is 0.667 bits per heavy atom. The van der Waals surface area contributed by atoms with Crippen molar-refractivity contribution in [3.05, 3.63) is 84.9 Å². The molecule has 0 aliphatic heterocycles. The summed E-state index contributed by atoms with van der Waals surface area (Å²) in [6.45, 7) is 0. The third kappa shape index (κ3) is 2.08. The first-order valence-corrected chi connectivity index (χ1v) is 8.87. The van der Waals surface area contributed by atoms with E-state index in [1.807, 2.05) is 17.4 Å². The molecule has 1 aromatic heterocycles. The zero-order valence-electron chi connectivity index (χ0n) is 13.0. The van der Waals surface area contributed by atoms with Crippen LogP contribution >= 0.6 is 11.3 Å². The minimum atomic E-state index is 1.12. The Hall–Kier alpha value is -2.84. The third-order valence-corrected chi connectivity index (χ3v) is 5.63. The summed E-state index contributed by atoms with van der Waals surface area (Å²) in [6, 6.07) is 30.0. The van der Waals surface area contributed by atoms with E-state index >= 15 is 0 Å². The molecule has 0 atom stereocenters. The zero-order valence-corrected chi connectivity index (χ0v) is 13.8. The normalized spacial score (nSPS) is 11.3. The number of thiophene rings is 1. The predicted molar refractivity (Wildman–Crippen MR) is 107 cm³/mol. The molecule has 4 aromatic carbocycles. The van der Waals surface area contributed by atoms with Crippen molar-refractivity contribution >= 4 is 53.7 Å². The van der Waals surface area contributed by atoms with E-state index in [4.69, 9.17) is 0 Å². The quantitative estimate of drug-likeness (QED) is 0.370. The van der Waals surface area contributed by atoms with Crippen LogP contribution in [0.2, 0.25) is 0 Å². The molecule has 1 nitrogen and oxygen atoms in total. The van der Waals surface area contributed by atoms with Crippen molar-refractivity contribution in [1.29, 1.82) is 0 Å². The molecule has 0 fully saturated rings. The Bertz CT molecular complexity index is 1170. The minimum absolute atomic E-state index is 1.12. The molecule has 2 heteroatoms. The number of hydrogen-bond donors (Lipinski definition) is 1. The molecule has 24 heavy (non-hydrogen) atoms. The number of rotatable bonds is 2. The average Bonchev–Trinajstić information content (AvgIpc) is 3.03. The van der Waals surface area contributed by atoms with Gasteiger partial charge < -0.3 is 5.32 Å². The second-order valence-corrected chi connectivity index (χ2v) is 6.99. The maximum Gasteiger partial charge on any atom is 0.0485 e. The van der Waals surface area contributed by atoms with Gasteiger partial charge >= 0.3 is 0 Å². The summed E-state index contributed by atoms with van der Waals surface area (Å²) in [6.07, 6.45) is 0. The summed E-state index contributed by atoms with van der Waals surface area (Å²) in [5.74, 6) is 0. The van der Waals surface area contributed by atoms with Crippen LogP contribution in [0.1, 0.15) is 0 Å². The predicted octanol–water partition coefficient (Wildman–Crippen LogP) is 6.95. The average molecular weight is 325 g/mol. The number of nitrogens with one attached hydrogen (secondary N) is 1. The fraction of sp³-hybridized carbons (Fsp3) is 0. The van der Waals surface area contributed by atoms with Gasteiger partial charge in [0, 0.05) is 31.5 Å². The van der Waals surface area contributed by atoms with E-state index in [9.17, 15) is 0 Å². The van der Waals surface area contributed by atoms with Gasteiger partial charge in [-0.15, -0.1) is 11.3 Å². The minimum Gasteiger partial charge on any atom is -0.355 e. The van der Waals surface area contributed by atoms with Gasteiger partial charge in [0.1, 0.15) is 0 Å². The van der Waals surface area contributed by atoms with Crippen molar-refractivity contribution in [3.8, 4) is 0 Å². The largest absolute Gasteiger partial charge is 0.355 e. The molecule has 5 aromatic rings. The summed E-state index contributed by atoms with van der Waals surface area (Å²) < 4.78 is 2.69. The summed E-state index contributed by atoms with van der Waals surface area (Å²) >= 11 is 1.88. The van der Waals surface area contributed by atoms with Crippen molar-refractivity contribution in [3.63, 3.8) is 0 Å². The van der Waals surface area contributed by atoms with E-state index < -0.39 is 0 Å². The lowest BCUT2D eigenvalue weighted by Crippen LogP contribution is -1.91. The molecule has 1 heterocycles. The van der Waals surface area contributed by atoms with E-state index in [0.717, 1.165) is 5.69 Å². The van der Waals surface area contributed by atoms with Crippen LogP contribution in [0.25, 0.3) is 30.9 Å². The molecule has 0 saturated carbocycles. The van der Waals surface area contributed by atoms with Gasteiger partial charge in [-0.25, -0.2) is 0 Å². The summed E-state index contributed by atoms with van der Waals surface area (Å²) in [4.78, 5) is 0. The highest BCUT2D eigenvalue weighted by atomic mass is 32.1. The van der Waals surface area contributed by atoms with Gasteiger partial charge in [-0.05, 0) is 35.0 Å².